The van der Waals surface area contributed by atoms with E-state index in [0.717, 1.165) is 23.5 Å². The highest BCUT2D eigenvalue weighted by atomic mass is 32.1. The molecule has 0 aliphatic carbocycles. The third-order valence-corrected chi connectivity index (χ3v) is 3.50. The molecule has 128 valence electrons. The van der Waals surface area contributed by atoms with E-state index in [9.17, 15) is 28.1 Å². The maximum atomic E-state index is 13.0. The van der Waals surface area contributed by atoms with Crippen LogP contribution in [0.4, 0.5) is 24.0 Å². The third kappa shape index (κ3) is 4.41. The summed E-state index contributed by atoms with van der Waals surface area (Å²) in [5.74, 6) is -0.867. The summed E-state index contributed by atoms with van der Waals surface area (Å²) in [5.41, 5.74) is -1.61. The zero-order chi connectivity index (χ0) is 17.9. The first-order chi connectivity index (χ1) is 11.2. The first kappa shape index (κ1) is 17.7. The molecule has 0 aliphatic rings. The Balaban J connectivity index is 2.18. The molecule has 0 spiro atoms. The number of carbonyl (C=O) groups excluding carboxylic acids is 1. The molecule has 1 heterocycles. The maximum absolute atomic E-state index is 13.0. The number of anilines is 1. The minimum absolute atomic E-state index is 0.281. The lowest BCUT2D eigenvalue weighted by Crippen LogP contribution is -2.10. The Morgan fingerprint density at radius 2 is 2.17 bits per heavy atom. The Labute approximate surface area is 137 Å². The van der Waals surface area contributed by atoms with Gasteiger partial charge in [0.15, 0.2) is 5.13 Å². The van der Waals surface area contributed by atoms with Gasteiger partial charge in [-0.3, -0.25) is 14.9 Å². The van der Waals surface area contributed by atoms with Gasteiger partial charge in [-0.15, -0.1) is 11.3 Å². The molecule has 0 saturated heterocycles. The highest BCUT2D eigenvalue weighted by Crippen LogP contribution is 2.38. The van der Waals surface area contributed by atoms with E-state index < -0.39 is 28.1 Å². The molecule has 11 heteroatoms. The van der Waals surface area contributed by atoms with Gasteiger partial charge in [0.05, 0.1) is 10.6 Å². The number of hydrogen-bond acceptors (Lipinski definition) is 6. The van der Waals surface area contributed by atoms with Crippen LogP contribution in [0.3, 0.4) is 0 Å². The lowest BCUT2D eigenvalue weighted by atomic mass is 10.1. The number of ether oxygens (including phenoxy) is 1. The van der Waals surface area contributed by atoms with Crippen LogP contribution in [0, 0.1) is 10.1 Å². The number of thiazole rings is 1. The Bertz CT molecular complexity index is 776. The van der Waals surface area contributed by atoms with Crippen molar-refractivity contribution < 1.29 is 27.6 Å². The molecule has 7 nitrogen and oxygen atoms in total. The Morgan fingerprint density at radius 3 is 2.75 bits per heavy atom. The molecule has 0 aliphatic heterocycles. The zero-order valence-electron chi connectivity index (χ0n) is 12.1. The molecule has 2 rings (SSSR count). The van der Waals surface area contributed by atoms with E-state index in [1.54, 1.807) is 0 Å². The molecule has 0 unspecified atom stereocenters. The van der Waals surface area contributed by atoms with Crippen molar-refractivity contribution in [2.45, 2.75) is 19.7 Å². The van der Waals surface area contributed by atoms with Gasteiger partial charge in [0, 0.05) is 24.4 Å². The fourth-order valence-corrected chi connectivity index (χ4v) is 2.45. The third-order valence-electron chi connectivity index (χ3n) is 2.69. The molecule has 0 atom stereocenters. The summed E-state index contributed by atoms with van der Waals surface area (Å²) in [4.78, 5) is 24.6. The molecule has 0 fully saturated rings. The van der Waals surface area contributed by atoms with Crippen LogP contribution in [0.15, 0.2) is 23.6 Å². The van der Waals surface area contributed by atoms with Crippen LogP contribution < -0.4 is 10.1 Å². The van der Waals surface area contributed by atoms with E-state index >= 15 is 0 Å². The number of nitrogens with zero attached hydrogens (tertiary/aromatic N) is 2. The van der Waals surface area contributed by atoms with Gasteiger partial charge in [-0.25, -0.2) is 4.98 Å². The number of halogens is 3. The number of non-ortho nitro benzene ring substituents is 1. The van der Waals surface area contributed by atoms with E-state index in [0.29, 0.717) is 16.9 Å². The highest BCUT2D eigenvalue weighted by Gasteiger charge is 2.36. The fraction of sp³-hybridized carbons (Fsp3) is 0.231. The molecule has 1 N–H and O–H groups in total. The first-order valence-corrected chi connectivity index (χ1v) is 7.25. The summed E-state index contributed by atoms with van der Waals surface area (Å²) in [6.45, 7) is 1.01. The predicted octanol–water partition coefficient (Wildman–Crippen LogP) is 3.61. The molecule has 1 amide bonds. The monoisotopic (exact) mass is 361 g/mol. The van der Waals surface area contributed by atoms with Gasteiger partial charge in [0.2, 0.25) is 5.91 Å². The van der Waals surface area contributed by atoms with Gasteiger partial charge >= 0.3 is 6.18 Å². The molecule has 0 saturated carbocycles. The van der Waals surface area contributed by atoms with E-state index in [4.69, 9.17) is 4.74 Å². The topological polar surface area (TPSA) is 94.4 Å². The summed E-state index contributed by atoms with van der Waals surface area (Å²) in [6.07, 6.45) is -4.80. The Kier molecular flexibility index (Phi) is 5.02. The molecule has 1 aromatic heterocycles. The van der Waals surface area contributed by atoms with Crippen molar-refractivity contribution in [2.24, 2.45) is 0 Å². The van der Waals surface area contributed by atoms with Crippen LogP contribution in [0.5, 0.6) is 5.75 Å². The normalized spacial score (nSPS) is 11.2. The number of hydrogen-bond donors (Lipinski definition) is 1. The molecule has 0 bridgehead atoms. The van der Waals surface area contributed by atoms with Crippen molar-refractivity contribution in [3.05, 3.63) is 45.0 Å². The zero-order valence-corrected chi connectivity index (χ0v) is 12.9. The second-order valence-corrected chi connectivity index (χ2v) is 5.41. The number of aromatic nitrogens is 1. The minimum Gasteiger partial charge on any atom is -0.487 e. The van der Waals surface area contributed by atoms with E-state index in [1.807, 2.05) is 0 Å². The van der Waals surface area contributed by atoms with Crippen molar-refractivity contribution in [1.82, 2.24) is 4.98 Å². The molecule has 2 aromatic rings. The van der Waals surface area contributed by atoms with Gasteiger partial charge in [-0.1, -0.05) is 0 Å². The van der Waals surface area contributed by atoms with Crippen molar-refractivity contribution in [3.63, 3.8) is 0 Å². The number of alkyl halides is 3. The number of carbonyl (C=O) groups is 1. The molecular formula is C13H10F3N3O4S. The van der Waals surface area contributed by atoms with Crippen molar-refractivity contribution in [2.75, 3.05) is 5.32 Å². The summed E-state index contributed by atoms with van der Waals surface area (Å²) in [6, 6.07) is 2.23. The number of benzene rings is 1. The molecule has 0 radical (unpaired) electrons. The Morgan fingerprint density at radius 1 is 1.46 bits per heavy atom. The molecule has 1 aromatic carbocycles. The highest BCUT2D eigenvalue weighted by molar-refractivity contribution is 7.13. The maximum Gasteiger partial charge on any atom is 0.420 e. The number of nitro benzene ring substituents is 1. The SMILES string of the molecule is CC(=O)Nc1nc(COc2ccc([N+](=O)[O-])cc2C(F)(F)F)cs1. The van der Waals surface area contributed by atoms with Crippen molar-refractivity contribution in [1.29, 1.82) is 0 Å². The smallest absolute Gasteiger partial charge is 0.420 e. The van der Waals surface area contributed by atoms with Crippen LogP contribution in [0.1, 0.15) is 18.2 Å². The van der Waals surface area contributed by atoms with Gasteiger partial charge in [0.25, 0.3) is 5.69 Å². The van der Waals surface area contributed by atoms with Gasteiger partial charge in [0.1, 0.15) is 17.9 Å². The quantitative estimate of drug-likeness (QED) is 0.648. The fourth-order valence-electron chi connectivity index (χ4n) is 1.71. The second kappa shape index (κ2) is 6.83. The summed E-state index contributed by atoms with van der Waals surface area (Å²) in [5, 5.41) is 14.9. The average molecular weight is 361 g/mol. The van der Waals surface area contributed by atoms with Crippen molar-refractivity contribution >= 4 is 28.1 Å². The van der Waals surface area contributed by atoms with Crippen LogP contribution in [0.25, 0.3) is 0 Å². The average Bonchev–Trinajstić information content (AvgIpc) is 2.90. The number of nitro groups is 1. The van der Waals surface area contributed by atoms with E-state index in [1.165, 1.54) is 12.3 Å². The predicted molar refractivity (Wildman–Crippen MR) is 78.8 cm³/mol. The summed E-state index contributed by atoms with van der Waals surface area (Å²) < 4.78 is 44.1. The van der Waals surface area contributed by atoms with Gasteiger partial charge in [-0.2, -0.15) is 13.2 Å². The van der Waals surface area contributed by atoms with E-state index in [-0.39, 0.29) is 12.5 Å². The lowest BCUT2D eigenvalue weighted by Gasteiger charge is -2.13. The number of amides is 1. The van der Waals surface area contributed by atoms with Gasteiger partial charge < -0.3 is 10.1 Å². The number of nitrogens with one attached hydrogen (secondary N) is 1. The van der Waals surface area contributed by atoms with E-state index in [2.05, 4.69) is 10.3 Å². The minimum atomic E-state index is -4.80. The van der Waals surface area contributed by atoms with Crippen LogP contribution in [-0.2, 0) is 17.6 Å². The van der Waals surface area contributed by atoms with Gasteiger partial charge in [-0.05, 0) is 6.07 Å². The first-order valence-electron chi connectivity index (χ1n) is 6.37. The largest absolute Gasteiger partial charge is 0.487 e. The Hall–Kier alpha value is -2.69. The van der Waals surface area contributed by atoms with Crippen LogP contribution >= 0.6 is 11.3 Å². The summed E-state index contributed by atoms with van der Waals surface area (Å²) >= 11 is 1.09. The van der Waals surface area contributed by atoms with Crippen LogP contribution in [-0.4, -0.2) is 15.8 Å². The molecular weight excluding hydrogens is 351 g/mol. The lowest BCUT2D eigenvalue weighted by molar-refractivity contribution is -0.385. The standard InChI is InChI=1S/C13H10F3N3O4S/c1-7(20)17-12-18-8(6-24-12)5-23-11-3-2-9(19(21)22)4-10(11)13(14,15)16/h2-4,6H,5H2,1H3,(H,17,18,20). The van der Waals surface area contributed by atoms with Crippen LogP contribution in [0.2, 0.25) is 0 Å². The molecule has 24 heavy (non-hydrogen) atoms. The summed E-state index contributed by atoms with van der Waals surface area (Å²) in [7, 11) is 0. The van der Waals surface area contributed by atoms with Crippen molar-refractivity contribution in [3.8, 4) is 5.75 Å². The number of rotatable bonds is 5. The second-order valence-electron chi connectivity index (χ2n) is 4.55.